The Balaban J connectivity index is 1.82. The Morgan fingerprint density at radius 1 is 1.15 bits per heavy atom. The van der Waals surface area contributed by atoms with Gasteiger partial charge in [0.1, 0.15) is 16.5 Å². The lowest BCUT2D eigenvalue weighted by molar-refractivity contribution is 0.899. The summed E-state index contributed by atoms with van der Waals surface area (Å²) in [6.07, 6.45) is 0. The van der Waals surface area contributed by atoms with Crippen molar-refractivity contribution in [3.8, 4) is 0 Å². The molecule has 0 saturated carbocycles. The number of hydrogen-bond donors (Lipinski definition) is 1. The summed E-state index contributed by atoms with van der Waals surface area (Å²) in [5, 5.41) is 3.64. The van der Waals surface area contributed by atoms with E-state index in [-0.39, 0.29) is 0 Å². The standard InChI is InChI=1S/C13H13N5S2/c1-7-5-8(2)16-13(15-7)20-6-10-17-11(14)9-3-4-19-12(9)18-10/h3-5H,6H2,1-2H3,(H2,14,17,18). The van der Waals surface area contributed by atoms with Gasteiger partial charge in [0.05, 0.1) is 11.1 Å². The molecule has 3 aromatic heterocycles. The smallest absolute Gasteiger partial charge is 0.188 e. The van der Waals surface area contributed by atoms with Gasteiger partial charge >= 0.3 is 0 Å². The molecule has 0 bridgehead atoms. The van der Waals surface area contributed by atoms with E-state index in [0.29, 0.717) is 17.4 Å². The second kappa shape index (κ2) is 5.34. The van der Waals surface area contributed by atoms with E-state index < -0.39 is 0 Å². The van der Waals surface area contributed by atoms with Crippen LogP contribution in [0, 0.1) is 13.8 Å². The highest BCUT2D eigenvalue weighted by Gasteiger charge is 2.08. The zero-order valence-electron chi connectivity index (χ0n) is 11.1. The van der Waals surface area contributed by atoms with Crippen LogP contribution in [0.25, 0.3) is 10.2 Å². The van der Waals surface area contributed by atoms with Crippen LogP contribution in [0.1, 0.15) is 17.2 Å². The molecule has 0 amide bonds. The van der Waals surface area contributed by atoms with Crippen LogP contribution in [-0.4, -0.2) is 19.9 Å². The molecule has 0 spiro atoms. The van der Waals surface area contributed by atoms with Crippen LogP contribution in [0.5, 0.6) is 0 Å². The fourth-order valence-corrected chi connectivity index (χ4v) is 3.47. The molecule has 5 nitrogen and oxygen atoms in total. The Morgan fingerprint density at radius 3 is 2.65 bits per heavy atom. The summed E-state index contributed by atoms with van der Waals surface area (Å²) in [5.74, 6) is 1.86. The van der Waals surface area contributed by atoms with Crippen LogP contribution in [-0.2, 0) is 5.75 Å². The van der Waals surface area contributed by atoms with Crippen molar-refractivity contribution in [1.29, 1.82) is 0 Å². The van der Waals surface area contributed by atoms with E-state index in [1.165, 1.54) is 11.8 Å². The zero-order valence-corrected chi connectivity index (χ0v) is 12.8. The molecule has 0 saturated heterocycles. The minimum atomic E-state index is 0.535. The zero-order chi connectivity index (χ0) is 14.1. The number of anilines is 1. The van der Waals surface area contributed by atoms with Crippen LogP contribution in [0.4, 0.5) is 5.82 Å². The van der Waals surface area contributed by atoms with Crippen molar-refractivity contribution >= 4 is 39.1 Å². The first-order valence-electron chi connectivity index (χ1n) is 6.06. The number of aryl methyl sites for hydroxylation is 2. The van der Waals surface area contributed by atoms with Gasteiger partial charge in [0.15, 0.2) is 5.16 Å². The van der Waals surface area contributed by atoms with Gasteiger partial charge in [-0.25, -0.2) is 19.9 Å². The Morgan fingerprint density at radius 2 is 1.90 bits per heavy atom. The third-order valence-electron chi connectivity index (χ3n) is 2.69. The highest BCUT2D eigenvalue weighted by Crippen LogP contribution is 2.25. The summed E-state index contributed by atoms with van der Waals surface area (Å²) in [6.45, 7) is 3.93. The lowest BCUT2D eigenvalue weighted by Crippen LogP contribution is -1.99. The third kappa shape index (κ3) is 2.73. The number of nitrogens with two attached hydrogens (primary N) is 1. The van der Waals surface area contributed by atoms with Crippen molar-refractivity contribution in [2.75, 3.05) is 5.73 Å². The van der Waals surface area contributed by atoms with Crippen molar-refractivity contribution in [2.24, 2.45) is 0 Å². The van der Waals surface area contributed by atoms with Crippen LogP contribution in [0.15, 0.2) is 22.7 Å². The summed E-state index contributed by atoms with van der Waals surface area (Å²) >= 11 is 3.09. The number of aromatic nitrogens is 4. The van der Waals surface area contributed by atoms with Gasteiger partial charge in [0, 0.05) is 11.4 Å². The molecule has 7 heteroatoms. The predicted octanol–water partition coefficient (Wildman–Crippen LogP) is 2.97. The van der Waals surface area contributed by atoms with Gasteiger partial charge in [0.25, 0.3) is 0 Å². The first kappa shape index (κ1) is 13.3. The minimum absolute atomic E-state index is 0.535. The van der Waals surface area contributed by atoms with Crippen molar-refractivity contribution in [3.63, 3.8) is 0 Å². The van der Waals surface area contributed by atoms with Crippen LogP contribution >= 0.6 is 23.1 Å². The normalized spacial score (nSPS) is 11.1. The maximum absolute atomic E-state index is 5.93. The molecule has 0 radical (unpaired) electrons. The Kier molecular flexibility index (Phi) is 3.54. The van der Waals surface area contributed by atoms with E-state index in [9.17, 15) is 0 Å². The van der Waals surface area contributed by atoms with Gasteiger partial charge in [-0.1, -0.05) is 11.8 Å². The van der Waals surface area contributed by atoms with E-state index in [0.717, 1.165) is 26.8 Å². The predicted molar refractivity (Wildman–Crippen MR) is 82.9 cm³/mol. The minimum Gasteiger partial charge on any atom is -0.383 e. The molecule has 3 aromatic rings. The molecule has 3 rings (SSSR count). The number of thiophene rings is 1. The summed E-state index contributed by atoms with van der Waals surface area (Å²) in [4.78, 5) is 18.5. The molecule has 0 aromatic carbocycles. The lowest BCUT2D eigenvalue weighted by Gasteiger charge is -2.03. The summed E-state index contributed by atoms with van der Waals surface area (Å²) < 4.78 is 0. The average Bonchev–Trinajstić information content (AvgIpc) is 2.84. The van der Waals surface area contributed by atoms with Crippen molar-refractivity contribution in [1.82, 2.24) is 19.9 Å². The quantitative estimate of drug-likeness (QED) is 0.592. The van der Waals surface area contributed by atoms with Gasteiger partial charge in [-0.05, 0) is 31.4 Å². The fraction of sp³-hybridized carbons (Fsp3) is 0.231. The van der Waals surface area contributed by atoms with E-state index >= 15 is 0 Å². The largest absolute Gasteiger partial charge is 0.383 e. The molecule has 102 valence electrons. The third-order valence-corrected chi connectivity index (χ3v) is 4.34. The Hall–Kier alpha value is -1.73. The van der Waals surface area contributed by atoms with E-state index in [1.54, 1.807) is 11.3 Å². The summed E-state index contributed by atoms with van der Waals surface area (Å²) in [7, 11) is 0. The molecule has 3 heterocycles. The number of rotatable bonds is 3. The van der Waals surface area contributed by atoms with Crippen molar-refractivity contribution in [3.05, 3.63) is 34.7 Å². The highest BCUT2D eigenvalue weighted by molar-refractivity contribution is 7.98. The number of nitrogens with zero attached hydrogens (tertiary/aromatic N) is 4. The number of fused-ring (bicyclic) bond motifs is 1. The second-order valence-electron chi connectivity index (χ2n) is 4.39. The maximum Gasteiger partial charge on any atom is 0.188 e. The molecule has 0 aliphatic carbocycles. The SMILES string of the molecule is Cc1cc(C)nc(SCc2nc(N)c3ccsc3n2)n1. The van der Waals surface area contributed by atoms with Crippen LogP contribution in [0.2, 0.25) is 0 Å². The summed E-state index contributed by atoms with van der Waals surface area (Å²) in [6, 6.07) is 3.90. The summed E-state index contributed by atoms with van der Waals surface area (Å²) in [5.41, 5.74) is 7.87. The first-order valence-corrected chi connectivity index (χ1v) is 7.93. The number of nitrogen functional groups attached to an aromatic ring is 1. The second-order valence-corrected chi connectivity index (χ2v) is 6.22. The van der Waals surface area contributed by atoms with Gasteiger partial charge in [-0.3, -0.25) is 0 Å². The molecule has 0 atom stereocenters. The Labute approximate surface area is 124 Å². The molecular formula is C13H13N5S2. The first-order chi connectivity index (χ1) is 9.61. The van der Waals surface area contributed by atoms with Gasteiger partial charge < -0.3 is 5.73 Å². The molecule has 0 unspecified atom stereocenters. The van der Waals surface area contributed by atoms with Crippen LogP contribution < -0.4 is 5.73 Å². The number of hydrogen-bond acceptors (Lipinski definition) is 7. The molecule has 0 aliphatic rings. The maximum atomic E-state index is 5.93. The van der Waals surface area contributed by atoms with Crippen molar-refractivity contribution in [2.45, 2.75) is 24.8 Å². The van der Waals surface area contributed by atoms with Crippen molar-refractivity contribution < 1.29 is 0 Å². The van der Waals surface area contributed by atoms with Gasteiger partial charge in [-0.2, -0.15) is 0 Å². The Bertz CT molecular complexity index is 748. The van der Waals surface area contributed by atoms with E-state index in [2.05, 4.69) is 19.9 Å². The average molecular weight is 303 g/mol. The molecule has 0 aliphatic heterocycles. The van der Waals surface area contributed by atoms with Gasteiger partial charge in [0.2, 0.25) is 0 Å². The topological polar surface area (TPSA) is 77.6 Å². The molecule has 2 N–H and O–H groups in total. The van der Waals surface area contributed by atoms with E-state index in [1.807, 2.05) is 31.4 Å². The van der Waals surface area contributed by atoms with Crippen LogP contribution in [0.3, 0.4) is 0 Å². The lowest BCUT2D eigenvalue weighted by atomic mass is 10.4. The molecular weight excluding hydrogens is 290 g/mol. The molecule has 20 heavy (non-hydrogen) atoms. The monoisotopic (exact) mass is 303 g/mol. The number of thioether (sulfide) groups is 1. The van der Waals surface area contributed by atoms with E-state index in [4.69, 9.17) is 5.73 Å². The molecule has 0 fully saturated rings. The highest BCUT2D eigenvalue weighted by atomic mass is 32.2. The fourth-order valence-electron chi connectivity index (χ4n) is 1.88. The van der Waals surface area contributed by atoms with Gasteiger partial charge in [-0.15, -0.1) is 11.3 Å².